The minimum atomic E-state index is -0.313. The van der Waals surface area contributed by atoms with Gasteiger partial charge in [-0.1, -0.05) is 60.4 Å². The largest absolute Gasteiger partial charge is 0.486 e. The van der Waals surface area contributed by atoms with Gasteiger partial charge in [0.25, 0.3) is 5.91 Å². The maximum absolute atomic E-state index is 13.9. The van der Waals surface area contributed by atoms with Crippen LogP contribution in [0.2, 0.25) is 0 Å². The number of carbonyl (C=O) groups is 1. The van der Waals surface area contributed by atoms with E-state index in [1.54, 1.807) is 29.2 Å². The molecule has 0 atom stereocenters. The predicted molar refractivity (Wildman–Crippen MR) is 139 cm³/mol. The summed E-state index contributed by atoms with van der Waals surface area (Å²) in [5.41, 5.74) is 3.03. The van der Waals surface area contributed by atoms with E-state index >= 15 is 0 Å². The van der Waals surface area contributed by atoms with Crippen molar-refractivity contribution in [3.05, 3.63) is 97.0 Å². The number of hydrogen-bond acceptors (Lipinski definition) is 4. The number of halogens is 3. The van der Waals surface area contributed by atoms with Gasteiger partial charge in [-0.3, -0.25) is 9.69 Å². The van der Waals surface area contributed by atoms with Gasteiger partial charge in [-0.15, -0.1) is 0 Å². The Morgan fingerprint density at radius 1 is 1.09 bits per heavy atom. The number of nitrogens with zero attached hydrogens (tertiary/aromatic N) is 1. The number of aryl methyl sites for hydroxylation is 1. The number of benzene rings is 3. The molecule has 0 unspecified atom stereocenters. The minimum Gasteiger partial charge on any atom is -0.486 e. The highest BCUT2D eigenvalue weighted by molar-refractivity contribution is 9.11. The Balaban J connectivity index is 1.57. The topological polar surface area (TPSA) is 29.5 Å². The number of thioether (sulfide) groups is 1. The predicted octanol–water partition coefficient (Wildman–Crippen LogP) is 7.64. The Bertz CT molecular complexity index is 1240. The van der Waals surface area contributed by atoms with Crippen molar-refractivity contribution in [1.82, 2.24) is 0 Å². The zero-order chi connectivity index (χ0) is 22.8. The van der Waals surface area contributed by atoms with Gasteiger partial charge in [0.2, 0.25) is 0 Å². The molecule has 32 heavy (non-hydrogen) atoms. The van der Waals surface area contributed by atoms with Crippen molar-refractivity contribution < 1.29 is 13.9 Å². The first-order valence-electron chi connectivity index (χ1n) is 9.54. The molecule has 0 N–H and O–H groups in total. The van der Waals surface area contributed by atoms with E-state index in [1.807, 2.05) is 43.3 Å². The molecule has 3 nitrogen and oxygen atoms in total. The third-order valence-electron chi connectivity index (χ3n) is 4.80. The number of carbonyl (C=O) groups excluding carboxylic acids is 1. The van der Waals surface area contributed by atoms with Crippen molar-refractivity contribution in [1.29, 1.82) is 0 Å². The summed E-state index contributed by atoms with van der Waals surface area (Å²) < 4.78 is 21.6. The van der Waals surface area contributed by atoms with E-state index in [4.69, 9.17) is 17.0 Å². The van der Waals surface area contributed by atoms with Crippen molar-refractivity contribution in [3.63, 3.8) is 0 Å². The van der Waals surface area contributed by atoms with Gasteiger partial charge in [0.05, 0.1) is 19.5 Å². The molecule has 0 aromatic heterocycles. The molecule has 8 heteroatoms. The van der Waals surface area contributed by atoms with E-state index in [0.29, 0.717) is 29.5 Å². The van der Waals surface area contributed by atoms with Gasteiger partial charge in [-0.05, 0) is 80.3 Å². The van der Waals surface area contributed by atoms with Crippen LogP contribution < -0.4 is 9.64 Å². The molecule has 1 fully saturated rings. The maximum Gasteiger partial charge on any atom is 0.270 e. The first kappa shape index (κ1) is 23.2. The summed E-state index contributed by atoms with van der Waals surface area (Å²) in [6.07, 6.45) is 1.80. The smallest absolute Gasteiger partial charge is 0.270 e. The first-order chi connectivity index (χ1) is 15.3. The molecular weight excluding hydrogens is 577 g/mol. The second-order valence-electron chi connectivity index (χ2n) is 7.00. The highest BCUT2D eigenvalue weighted by Crippen LogP contribution is 2.40. The highest BCUT2D eigenvalue weighted by Gasteiger charge is 2.34. The lowest BCUT2D eigenvalue weighted by molar-refractivity contribution is -0.113. The van der Waals surface area contributed by atoms with E-state index in [9.17, 15) is 9.18 Å². The molecule has 0 radical (unpaired) electrons. The lowest BCUT2D eigenvalue weighted by atomic mass is 10.1. The van der Waals surface area contributed by atoms with Crippen LogP contribution in [-0.4, -0.2) is 10.2 Å². The van der Waals surface area contributed by atoms with Crippen LogP contribution in [0.25, 0.3) is 6.08 Å². The second-order valence-corrected chi connectivity index (χ2v) is 10.4. The monoisotopic (exact) mass is 591 g/mol. The third-order valence-corrected chi connectivity index (χ3v) is 7.28. The average molecular weight is 593 g/mol. The molecule has 162 valence electrons. The second kappa shape index (κ2) is 9.87. The summed E-state index contributed by atoms with van der Waals surface area (Å²) >= 11 is 13.8. The van der Waals surface area contributed by atoms with Crippen LogP contribution >= 0.6 is 55.8 Å². The number of hydrogen-bond donors (Lipinski definition) is 0. The Morgan fingerprint density at radius 2 is 1.75 bits per heavy atom. The van der Waals surface area contributed by atoms with Crippen molar-refractivity contribution in [3.8, 4) is 5.75 Å². The van der Waals surface area contributed by atoms with Crippen LogP contribution in [0.4, 0.5) is 10.1 Å². The fourth-order valence-electron chi connectivity index (χ4n) is 3.21. The van der Waals surface area contributed by atoms with Gasteiger partial charge in [0.1, 0.15) is 18.2 Å². The van der Waals surface area contributed by atoms with Crippen LogP contribution in [0.1, 0.15) is 16.7 Å². The normalized spacial score (nSPS) is 15.0. The van der Waals surface area contributed by atoms with Crippen molar-refractivity contribution >= 4 is 77.8 Å². The Hall–Kier alpha value is -2.00. The fourth-order valence-corrected chi connectivity index (χ4v) is 5.94. The molecule has 1 amide bonds. The van der Waals surface area contributed by atoms with Gasteiger partial charge in [0.15, 0.2) is 4.32 Å². The molecule has 1 aliphatic rings. The number of anilines is 1. The van der Waals surface area contributed by atoms with Crippen LogP contribution in [0.3, 0.4) is 0 Å². The van der Waals surface area contributed by atoms with Gasteiger partial charge < -0.3 is 4.74 Å². The lowest BCUT2D eigenvalue weighted by Gasteiger charge is -2.16. The molecule has 4 rings (SSSR count). The molecule has 0 aliphatic carbocycles. The number of para-hydroxylation sites is 1. The molecule has 1 aliphatic heterocycles. The highest BCUT2D eigenvalue weighted by atomic mass is 79.9. The van der Waals surface area contributed by atoms with Crippen LogP contribution in [0, 0.1) is 12.7 Å². The summed E-state index contributed by atoms with van der Waals surface area (Å²) in [5.74, 6) is 0.0892. The van der Waals surface area contributed by atoms with Gasteiger partial charge in [0, 0.05) is 5.56 Å². The first-order valence-corrected chi connectivity index (χ1v) is 12.3. The maximum atomic E-state index is 13.9. The Morgan fingerprint density at radius 3 is 2.44 bits per heavy atom. The van der Waals surface area contributed by atoms with Crippen molar-refractivity contribution in [2.45, 2.75) is 13.5 Å². The molecule has 1 heterocycles. The lowest BCUT2D eigenvalue weighted by Crippen LogP contribution is -2.28. The van der Waals surface area contributed by atoms with E-state index in [0.717, 1.165) is 16.8 Å². The SMILES string of the molecule is Cc1ccccc1N1C(=O)/C(=C\c2cc(Br)c(OCc3ccccc3F)c(Br)c2)SC1=S. The molecule has 1 saturated heterocycles. The summed E-state index contributed by atoms with van der Waals surface area (Å²) in [7, 11) is 0. The van der Waals surface area contributed by atoms with Gasteiger partial charge >= 0.3 is 0 Å². The van der Waals surface area contributed by atoms with Crippen molar-refractivity contribution in [2.24, 2.45) is 0 Å². The number of thiocarbonyl (C=S) groups is 1. The Kier molecular flexibility index (Phi) is 7.14. The number of ether oxygens (including phenoxy) is 1. The van der Waals surface area contributed by atoms with Crippen molar-refractivity contribution in [2.75, 3.05) is 4.90 Å². The van der Waals surface area contributed by atoms with Gasteiger partial charge in [-0.2, -0.15) is 0 Å². The zero-order valence-electron chi connectivity index (χ0n) is 16.8. The van der Waals surface area contributed by atoms with Crippen LogP contribution in [0.15, 0.2) is 74.5 Å². The summed E-state index contributed by atoms with van der Waals surface area (Å²) in [4.78, 5) is 15.2. The minimum absolute atomic E-state index is 0.0955. The standard InChI is InChI=1S/C24H16Br2FNO2S2/c1-14-6-2-5-9-20(14)28-23(29)21(32-24(28)31)12-15-10-17(25)22(18(26)11-15)30-13-16-7-3-4-8-19(16)27/h2-12H,13H2,1H3/b21-12+. The summed E-state index contributed by atoms with van der Waals surface area (Å²) in [6, 6.07) is 17.8. The number of amides is 1. The van der Waals surface area contributed by atoms with Crippen LogP contribution in [0.5, 0.6) is 5.75 Å². The fraction of sp³-hybridized carbons (Fsp3) is 0.0833. The zero-order valence-corrected chi connectivity index (χ0v) is 21.6. The molecule has 3 aromatic rings. The molecule has 0 saturated carbocycles. The summed E-state index contributed by atoms with van der Waals surface area (Å²) in [5, 5.41) is 0. The number of rotatable bonds is 5. The van der Waals surface area contributed by atoms with E-state index < -0.39 is 0 Å². The molecule has 0 spiro atoms. The third kappa shape index (κ3) is 4.83. The average Bonchev–Trinajstić information content (AvgIpc) is 3.02. The molecular formula is C24H16Br2FNO2S2. The van der Waals surface area contributed by atoms with E-state index in [-0.39, 0.29) is 18.3 Å². The van der Waals surface area contributed by atoms with Gasteiger partial charge in [-0.25, -0.2) is 4.39 Å². The quantitative estimate of drug-likeness (QED) is 0.225. The summed E-state index contributed by atoms with van der Waals surface area (Å²) in [6.45, 7) is 2.05. The Labute approximate surface area is 211 Å². The van der Waals surface area contributed by atoms with Crippen LogP contribution in [-0.2, 0) is 11.4 Å². The van der Waals surface area contributed by atoms with E-state index in [1.165, 1.54) is 17.8 Å². The molecule has 3 aromatic carbocycles. The molecule has 0 bridgehead atoms. The van der Waals surface area contributed by atoms with E-state index in [2.05, 4.69) is 31.9 Å².